The highest BCUT2D eigenvalue weighted by atomic mass is 16.6. The average molecular weight is 235 g/mol. The van der Waals surface area contributed by atoms with Crippen LogP contribution in [0.4, 0.5) is 0 Å². The number of phenols is 1. The molecule has 0 aromatic heterocycles. The van der Waals surface area contributed by atoms with Crippen molar-refractivity contribution in [3.63, 3.8) is 0 Å². The highest BCUT2D eigenvalue weighted by molar-refractivity contribution is 5.55. The van der Waals surface area contributed by atoms with E-state index in [-0.39, 0.29) is 0 Å². The SMILES string of the molecule is Cc1c(O)c(CCON)c(C)c2c1CCCC2. The zero-order valence-electron chi connectivity index (χ0n) is 10.7. The smallest absolute Gasteiger partial charge is 0.122 e. The molecule has 1 aromatic carbocycles. The Bertz CT molecular complexity index is 427. The van der Waals surface area contributed by atoms with Gasteiger partial charge in [-0.15, -0.1) is 0 Å². The lowest BCUT2D eigenvalue weighted by Gasteiger charge is -2.24. The summed E-state index contributed by atoms with van der Waals surface area (Å²) in [4.78, 5) is 4.63. The van der Waals surface area contributed by atoms with Gasteiger partial charge >= 0.3 is 0 Å². The number of hydrogen-bond acceptors (Lipinski definition) is 3. The van der Waals surface area contributed by atoms with E-state index in [0.29, 0.717) is 18.8 Å². The molecule has 0 atom stereocenters. The molecule has 0 heterocycles. The normalized spacial score (nSPS) is 14.8. The van der Waals surface area contributed by atoms with E-state index in [1.54, 1.807) is 0 Å². The van der Waals surface area contributed by atoms with Gasteiger partial charge in [-0.05, 0) is 67.3 Å². The van der Waals surface area contributed by atoms with Gasteiger partial charge in [-0.3, -0.25) is 0 Å². The number of phenolic OH excluding ortho intramolecular Hbond substituents is 1. The number of fused-ring (bicyclic) bond motifs is 1. The first-order valence-corrected chi connectivity index (χ1v) is 6.31. The fourth-order valence-electron chi connectivity index (χ4n) is 2.93. The molecule has 0 saturated heterocycles. The molecule has 0 aliphatic heterocycles. The van der Waals surface area contributed by atoms with Crippen molar-refractivity contribution in [3.8, 4) is 5.75 Å². The van der Waals surface area contributed by atoms with E-state index in [1.165, 1.54) is 29.5 Å². The number of aromatic hydroxyl groups is 1. The van der Waals surface area contributed by atoms with E-state index in [2.05, 4.69) is 11.8 Å². The van der Waals surface area contributed by atoms with Crippen LogP contribution in [0.3, 0.4) is 0 Å². The van der Waals surface area contributed by atoms with Crippen LogP contribution >= 0.6 is 0 Å². The Hall–Kier alpha value is -1.06. The minimum atomic E-state index is 0.445. The zero-order chi connectivity index (χ0) is 12.4. The highest BCUT2D eigenvalue weighted by Crippen LogP contribution is 2.36. The molecule has 3 nitrogen and oxygen atoms in total. The zero-order valence-corrected chi connectivity index (χ0v) is 10.7. The largest absolute Gasteiger partial charge is 0.507 e. The third-order valence-electron chi connectivity index (χ3n) is 3.94. The monoisotopic (exact) mass is 235 g/mol. The summed E-state index contributed by atoms with van der Waals surface area (Å²) < 4.78 is 0. The summed E-state index contributed by atoms with van der Waals surface area (Å²) in [6.07, 6.45) is 5.41. The number of nitrogens with two attached hydrogens (primary N) is 1. The molecule has 94 valence electrons. The maximum atomic E-state index is 10.3. The lowest BCUT2D eigenvalue weighted by atomic mass is 9.82. The quantitative estimate of drug-likeness (QED) is 0.790. The van der Waals surface area contributed by atoms with Crippen molar-refractivity contribution >= 4 is 0 Å². The standard InChI is InChI=1S/C14H21NO2/c1-9-11-5-3-4-6-12(11)10(2)14(16)13(9)7-8-17-15/h16H,3-8,15H2,1-2H3. The predicted octanol–water partition coefficient (Wildman–Crippen LogP) is 2.32. The molecule has 0 unspecified atom stereocenters. The first-order valence-electron chi connectivity index (χ1n) is 6.31. The van der Waals surface area contributed by atoms with Gasteiger partial charge < -0.3 is 9.94 Å². The maximum Gasteiger partial charge on any atom is 0.122 e. The summed E-state index contributed by atoms with van der Waals surface area (Å²) in [6.45, 7) is 4.58. The van der Waals surface area contributed by atoms with Gasteiger partial charge in [0.15, 0.2) is 0 Å². The van der Waals surface area contributed by atoms with Gasteiger partial charge in [0.2, 0.25) is 0 Å². The predicted molar refractivity (Wildman–Crippen MR) is 68.1 cm³/mol. The molecule has 3 heteroatoms. The van der Waals surface area contributed by atoms with E-state index >= 15 is 0 Å². The second kappa shape index (κ2) is 5.07. The van der Waals surface area contributed by atoms with E-state index in [9.17, 15) is 5.11 Å². The molecule has 0 saturated carbocycles. The summed E-state index contributed by atoms with van der Waals surface area (Å²) in [6, 6.07) is 0. The Morgan fingerprint density at radius 1 is 1.12 bits per heavy atom. The lowest BCUT2D eigenvalue weighted by Crippen LogP contribution is -2.12. The lowest BCUT2D eigenvalue weighted by molar-refractivity contribution is 0.140. The summed E-state index contributed by atoms with van der Waals surface area (Å²) in [5.74, 6) is 5.52. The van der Waals surface area contributed by atoms with Crippen LogP contribution in [0.1, 0.15) is 40.7 Å². The summed E-state index contributed by atoms with van der Waals surface area (Å²) >= 11 is 0. The van der Waals surface area contributed by atoms with Gasteiger partial charge in [0.25, 0.3) is 0 Å². The molecule has 0 bridgehead atoms. The maximum absolute atomic E-state index is 10.3. The van der Waals surface area contributed by atoms with Crippen molar-refractivity contribution in [2.45, 2.75) is 46.0 Å². The Morgan fingerprint density at radius 3 is 2.29 bits per heavy atom. The Kier molecular flexibility index (Phi) is 3.69. The van der Waals surface area contributed by atoms with Crippen molar-refractivity contribution in [2.75, 3.05) is 6.61 Å². The van der Waals surface area contributed by atoms with Gasteiger partial charge in [0, 0.05) is 6.42 Å². The van der Waals surface area contributed by atoms with E-state index in [4.69, 9.17) is 5.90 Å². The molecule has 0 amide bonds. The number of benzene rings is 1. The first-order chi connectivity index (χ1) is 8.16. The molecule has 0 spiro atoms. The van der Waals surface area contributed by atoms with Gasteiger partial charge in [-0.1, -0.05) is 0 Å². The van der Waals surface area contributed by atoms with Crippen LogP contribution in [0, 0.1) is 13.8 Å². The molecule has 2 rings (SSSR count). The van der Waals surface area contributed by atoms with Crippen LogP contribution in [-0.2, 0) is 24.1 Å². The summed E-state index contributed by atoms with van der Waals surface area (Å²) in [5.41, 5.74) is 6.10. The van der Waals surface area contributed by atoms with Crippen molar-refractivity contribution < 1.29 is 9.94 Å². The van der Waals surface area contributed by atoms with Crippen molar-refractivity contribution in [1.29, 1.82) is 0 Å². The topological polar surface area (TPSA) is 55.5 Å². The summed E-state index contributed by atoms with van der Waals surface area (Å²) in [7, 11) is 0. The first kappa shape index (κ1) is 12.4. The van der Waals surface area contributed by atoms with E-state index in [0.717, 1.165) is 24.0 Å². The summed E-state index contributed by atoms with van der Waals surface area (Å²) in [5, 5.41) is 10.3. The number of rotatable bonds is 3. The third kappa shape index (κ3) is 2.17. The van der Waals surface area contributed by atoms with Gasteiger partial charge in [0.05, 0.1) is 6.61 Å². The minimum absolute atomic E-state index is 0.445. The average Bonchev–Trinajstić information content (AvgIpc) is 2.36. The fourth-order valence-corrected chi connectivity index (χ4v) is 2.93. The van der Waals surface area contributed by atoms with Crippen LogP contribution < -0.4 is 5.90 Å². The molecule has 1 aliphatic carbocycles. The minimum Gasteiger partial charge on any atom is -0.507 e. The molecule has 1 aromatic rings. The molecule has 17 heavy (non-hydrogen) atoms. The van der Waals surface area contributed by atoms with Crippen LogP contribution in [0.2, 0.25) is 0 Å². The van der Waals surface area contributed by atoms with Crippen LogP contribution in [0.25, 0.3) is 0 Å². The Balaban J connectivity index is 2.49. The molecular formula is C14H21NO2. The fraction of sp³-hybridized carbons (Fsp3) is 0.571. The third-order valence-corrected chi connectivity index (χ3v) is 3.94. The Morgan fingerprint density at radius 2 is 1.71 bits per heavy atom. The number of hydrogen-bond donors (Lipinski definition) is 2. The van der Waals surface area contributed by atoms with Gasteiger partial charge in [-0.25, -0.2) is 5.90 Å². The van der Waals surface area contributed by atoms with Gasteiger partial charge in [-0.2, -0.15) is 0 Å². The molecule has 3 N–H and O–H groups in total. The highest BCUT2D eigenvalue weighted by Gasteiger charge is 2.20. The second-order valence-corrected chi connectivity index (χ2v) is 4.86. The molecule has 0 radical (unpaired) electrons. The molecule has 1 aliphatic rings. The van der Waals surface area contributed by atoms with Crippen molar-refractivity contribution in [2.24, 2.45) is 5.90 Å². The van der Waals surface area contributed by atoms with E-state index in [1.807, 2.05) is 6.92 Å². The van der Waals surface area contributed by atoms with Crippen LogP contribution in [0.5, 0.6) is 5.75 Å². The van der Waals surface area contributed by atoms with Gasteiger partial charge in [0.1, 0.15) is 5.75 Å². The van der Waals surface area contributed by atoms with Crippen LogP contribution in [-0.4, -0.2) is 11.7 Å². The van der Waals surface area contributed by atoms with Crippen molar-refractivity contribution in [3.05, 3.63) is 27.8 Å². The van der Waals surface area contributed by atoms with Crippen molar-refractivity contribution in [1.82, 2.24) is 0 Å². The molecular weight excluding hydrogens is 214 g/mol. The second-order valence-electron chi connectivity index (χ2n) is 4.86. The van der Waals surface area contributed by atoms with E-state index < -0.39 is 0 Å². The van der Waals surface area contributed by atoms with Crippen LogP contribution in [0.15, 0.2) is 0 Å². The molecule has 0 fully saturated rings. The Labute approximate surface area is 103 Å².